The molecule has 0 heterocycles. The largest absolute Gasteiger partial charge is 0.504 e. The number of hydrogen-bond acceptors (Lipinski definition) is 3. The van der Waals surface area contributed by atoms with Crippen molar-refractivity contribution < 1.29 is 47.0 Å². The normalized spacial score (nSPS) is 11.3. The molecule has 5 nitrogen and oxygen atoms in total. The van der Waals surface area contributed by atoms with E-state index < -0.39 is 12.1 Å². The van der Waals surface area contributed by atoms with E-state index in [1.54, 1.807) is 13.5 Å². The molecule has 6 heteroatoms. The van der Waals surface area contributed by atoms with Crippen LogP contribution >= 0.6 is 0 Å². The molecule has 22 heavy (non-hydrogen) atoms. The van der Waals surface area contributed by atoms with Crippen LogP contribution in [0.15, 0.2) is 30.3 Å². The monoisotopic (exact) mass is 380 g/mol. The molecule has 1 aromatic carbocycles. The number of alkyl carbamates (subject to hydrolysis) is 1. The molecule has 0 aliphatic heterocycles. The van der Waals surface area contributed by atoms with Gasteiger partial charge in [-0.15, -0.1) is 0 Å². The van der Waals surface area contributed by atoms with Crippen LogP contribution < -0.4 is 10.6 Å². The quantitative estimate of drug-likeness (QED) is 0.715. The first-order valence-electron chi connectivity index (χ1n) is 7.08. The van der Waals surface area contributed by atoms with Crippen LogP contribution in [-0.2, 0) is 48.8 Å². The van der Waals surface area contributed by atoms with Gasteiger partial charge in [-0.05, 0) is 17.9 Å². The second-order valence-corrected chi connectivity index (χ2v) is 5.19. The SMILES string of the molecule is C[CH-]NC(=O)[C@H](CC(C)C)NC(=O)OCc1ccccc1.[Y]. The van der Waals surface area contributed by atoms with Gasteiger partial charge < -0.3 is 15.4 Å². The fraction of sp³-hybridized carbons (Fsp3) is 0.438. The molecule has 0 bridgehead atoms. The summed E-state index contributed by atoms with van der Waals surface area (Å²) in [5, 5.41) is 5.21. The zero-order valence-electron chi connectivity index (χ0n) is 13.3. The van der Waals surface area contributed by atoms with Gasteiger partial charge in [-0.2, -0.15) is 6.92 Å². The van der Waals surface area contributed by atoms with Gasteiger partial charge in [-0.3, -0.25) is 4.79 Å². The average Bonchev–Trinajstić information content (AvgIpc) is 2.45. The summed E-state index contributed by atoms with van der Waals surface area (Å²) in [4.78, 5) is 23.7. The van der Waals surface area contributed by atoms with Crippen LogP contribution in [0.1, 0.15) is 32.8 Å². The minimum atomic E-state index is -0.593. The summed E-state index contributed by atoms with van der Waals surface area (Å²) < 4.78 is 5.13. The number of rotatable bonds is 7. The smallest absolute Gasteiger partial charge is 0.408 e. The van der Waals surface area contributed by atoms with Crippen LogP contribution in [-0.4, -0.2) is 18.0 Å². The summed E-state index contributed by atoms with van der Waals surface area (Å²) in [5.74, 6) is 0.0508. The van der Waals surface area contributed by atoms with Crippen LogP contribution in [0, 0.1) is 12.5 Å². The summed E-state index contributed by atoms with van der Waals surface area (Å²) in [5.41, 5.74) is 0.902. The van der Waals surface area contributed by atoms with E-state index in [9.17, 15) is 9.59 Å². The molecule has 1 atom stereocenters. The molecular formula is C16H23N2O3Y-. The van der Waals surface area contributed by atoms with Crippen molar-refractivity contribution >= 4 is 12.0 Å². The minimum Gasteiger partial charge on any atom is -0.504 e. The first kappa shape index (κ1) is 21.1. The molecule has 2 N–H and O–H groups in total. The van der Waals surface area contributed by atoms with Gasteiger partial charge in [0.1, 0.15) is 12.6 Å². The maximum atomic E-state index is 11.9. The van der Waals surface area contributed by atoms with Crippen LogP contribution in [0.2, 0.25) is 0 Å². The molecule has 2 amide bonds. The Kier molecular flexibility index (Phi) is 11.1. The minimum absolute atomic E-state index is 0. The van der Waals surface area contributed by atoms with Crippen molar-refractivity contribution in [2.75, 3.05) is 0 Å². The Morgan fingerprint density at radius 1 is 1.23 bits per heavy atom. The Bertz CT molecular complexity index is 452. The van der Waals surface area contributed by atoms with Gasteiger partial charge >= 0.3 is 6.09 Å². The predicted molar refractivity (Wildman–Crippen MR) is 81.1 cm³/mol. The van der Waals surface area contributed by atoms with Gasteiger partial charge in [-0.1, -0.05) is 44.2 Å². The van der Waals surface area contributed by atoms with Crippen molar-refractivity contribution in [1.29, 1.82) is 0 Å². The molecule has 1 aromatic rings. The van der Waals surface area contributed by atoms with Crippen LogP contribution in [0.4, 0.5) is 4.79 Å². The second-order valence-electron chi connectivity index (χ2n) is 5.19. The first-order valence-corrected chi connectivity index (χ1v) is 7.08. The number of benzene rings is 1. The standard InChI is InChI=1S/C16H23N2O3.Y/c1-4-17-15(19)14(10-12(2)3)18-16(20)21-11-13-8-6-5-7-9-13;/h4-9,12,14H,10-11H2,1-3H3,(H,17,19)(H,18,20);/q-1;/t14-;/m0./s1. The number of nitrogens with one attached hydrogen (secondary N) is 2. The van der Waals surface area contributed by atoms with Gasteiger partial charge in [0.2, 0.25) is 5.91 Å². The number of amides is 2. The first-order chi connectivity index (χ1) is 10.0. The van der Waals surface area contributed by atoms with E-state index >= 15 is 0 Å². The summed E-state index contributed by atoms with van der Waals surface area (Å²) in [6, 6.07) is 8.80. The summed E-state index contributed by atoms with van der Waals surface area (Å²) in [7, 11) is 0. The van der Waals surface area contributed by atoms with Crippen molar-refractivity contribution in [2.45, 2.75) is 39.8 Å². The molecule has 0 spiro atoms. The molecule has 0 aromatic heterocycles. The molecule has 0 fully saturated rings. The van der Waals surface area contributed by atoms with E-state index in [1.807, 2.05) is 44.2 Å². The van der Waals surface area contributed by atoms with E-state index in [-0.39, 0.29) is 51.1 Å². The van der Waals surface area contributed by atoms with Crippen LogP contribution in [0.3, 0.4) is 0 Å². The van der Waals surface area contributed by atoms with Crippen molar-refractivity contribution in [2.24, 2.45) is 5.92 Å². The maximum absolute atomic E-state index is 11.9. The van der Waals surface area contributed by atoms with E-state index in [2.05, 4.69) is 10.6 Å². The number of carbonyl (C=O) groups is 2. The molecule has 0 saturated heterocycles. The van der Waals surface area contributed by atoms with Crippen molar-refractivity contribution in [3.05, 3.63) is 42.4 Å². The molecule has 1 radical (unpaired) electrons. The van der Waals surface area contributed by atoms with Crippen LogP contribution in [0.25, 0.3) is 0 Å². The van der Waals surface area contributed by atoms with E-state index in [1.165, 1.54) is 0 Å². The zero-order valence-corrected chi connectivity index (χ0v) is 16.2. The van der Waals surface area contributed by atoms with E-state index in [0.717, 1.165) is 5.56 Å². The van der Waals surface area contributed by atoms with Crippen molar-refractivity contribution in [1.82, 2.24) is 10.6 Å². The fourth-order valence-corrected chi connectivity index (χ4v) is 1.85. The van der Waals surface area contributed by atoms with Gasteiger partial charge in [0.15, 0.2) is 0 Å². The third kappa shape index (κ3) is 8.49. The zero-order chi connectivity index (χ0) is 15.7. The molecular weight excluding hydrogens is 357 g/mol. The Balaban J connectivity index is 0.00000441. The summed E-state index contributed by atoms with van der Waals surface area (Å²) in [6.07, 6.45) is -0.0316. The van der Waals surface area contributed by atoms with Gasteiger partial charge in [0.25, 0.3) is 0 Å². The van der Waals surface area contributed by atoms with E-state index in [0.29, 0.717) is 6.42 Å². The van der Waals surface area contributed by atoms with Gasteiger partial charge in [0.05, 0.1) is 0 Å². The maximum Gasteiger partial charge on any atom is 0.408 e. The van der Waals surface area contributed by atoms with Gasteiger partial charge in [-0.25, -0.2) is 11.3 Å². The van der Waals surface area contributed by atoms with Crippen LogP contribution in [0.5, 0.6) is 0 Å². The average molecular weight is 380 g/mol. The number of hydrogen-bond donors (Lipinski definition) is 2. The predicted octanol–water partition coefficient (Wildman–Crippen LogP) is 2.62. The topological polar surface area (TPSA) is 67.4 Å². The Hall–Kier alpha value is -0.936. The molecule has 0 aliphatic carbocycles. The molecule has 0 saturated carbocycles. The molecule has 119 valence electrons. The molecule has 0 unspecified atom stereocenters. The van der Waals surface area contributed by atoms with E-state index in [4.69, 9.17) is 4.74 Å². The number of ether oxygens (including phenoxy) is 1. The Morgan fingerprint density at radius 2 is 1.86 bits per heavy atom. The third-order valence-electron chi connectivity index (χ3n) is 2.82. The van der Waals surface area contributed by atoms with Crippen molar-refractivity contribution in [3.8, 4) is 0 Å². The molecule has 0 aliphatic rings. The number of carbonyl (C=O) groups excluding carboxylic acids is 2. The fourth-order valence-electron chi connectivity index (χ4n) is 1.85. The third-order valence-corrected chi connectivity index (χ3v) is 2.82. The Morgan fingerprint density at radius 3 is 2.41 bits per heavy atom. The second kappa shape index (κ2) is 11.6. The Labute approximate surface area is 157 Å². The van der Waals surface area contributed by atoms with Crippen molar-refractivity contribution in [3.63, 3.8) is 0 Å². The summed E-state index contributed by atoms with van der Waals surface area (Å²) >= 11 is 0. The summed E-state index contributed by atoms with van der Waals surface area (Å²) in [6.45, 7) is 7.44. The van der Waals surface area contributed by atoms with Gasteiger partial charge in [0, 0.05) is 32.7 Å². The molecule has 1 rings (SSSR count).